The number of likely N-dealkylation sites (tertiary alicyclic amines) is 1. The molecule has 1 saturated heterocycles. The van der Waals surface area contributed by atoms with Crippen LogP contribution in [0.25, 0.3) is 0 Å². The molecule has 29 heavy (non-hydrogen) atoms. The van der Waals surface area contributed by atoms with Crippen LogP contribution < -0.4 is 16.4 Å². The molecule has 0 aromatic heterocycles. The Morgan fingerprint density at radius 3 is 2.28 bits per heavy atom. The van der Waals surface area contributed by atoms with Gasteiger partial charge in [0.25, 0.3) is 0 Å². The van der Waals surface area contributed by atoms with E-state index in [2.05, 4.69) is 10.6 Å². The minimum Gasteiger partial charge on any atom is -0.481 e. The predicted molar refractivity (Wildman–Crippen MR) is 105 cm³/mol. The summed E-state index contributed by atoms with van der Waals surface area (Å²) in [5.41, 5.74) is 5.51. The number of nitrogens with two attached hydrogens (primary N) is 1. The lowest BCUT2D eigenvalue weighted by Crippen LogP contribution is -2.57. The van der Waals surface area contributed by atoms with E-state index in [0.29, 0.717) is 12.2 Å². The van der Waals surface area contributed by atoms with Crippen LogP contribution in [0.2, 0.25) is 0 Å². The van der Waals surface area contributed by atoms with Crippen LogP contribution >= 0.6 is 11.8 Å². The number of hydrogen-bond acceptors (Lipinski definition) is 7. The highest BCUT2D eigenvalue weighted by atomic mass is 32.2. The highest BCUT2D eigenvalue weighted by molar-refractivity contribution is 7.98. The van der Waals surface area contributed by atoms with Crippen molar-refractivity contribution >= 4 is 41.4 Å². The Labute approximate surface area is 172 Å². The van der Waals surface area contributed by atoms with E-state index in [4.69, 9.17) is 10.8 Å². The van der Waals surface area contributed by atoms with Crippen molar-refractivity contribution in [2.75, 3.05) is 18.6 Å². The monoisotopic (exact) mass is 432 g/mol. The maximum Gasteiger partial charge on any atom is 0.326 e. The summed E-state index contributed by atoms with van der Waals surface area (Å²) in [4.78, 5) is 61.0. The molecule has 0 saturated carbocycles. The minimum atomic E-state index is -1.44. The van der Waals surface area contributed by atoms with Crippen LogP contribution in [0, 0.1) is 0 Å². The van der Waals surface area contributed by atoms with Crippen LogP contribution in [0.4, 0.5) is 0 Å². The van der Waals surface area contributed by atoms with Gasteiger partial charge < -0.3 is 31.5 Å². The molecule has 4 atom stereocenters. The fourth-order valence-corrected chi connectivity index (χ4v) is 3.41. The van der Waals surface area contributed by atoms with Crippen molar-refractivity contribution in [1.29, 1.82) is 0 Å². The van der Waals surface area contributed by atoms with E-state index in [9.17, 15) is 29.1 Å². The number of carboxylic acids is 2. The molecule has 1 heterocycles. The molecule has 0 bridgehead atoms. The van der Waals surface area contributed by atoms with Gasteiger partial charge in [-0.15, -0.1) is 0 Å². The number of aliphatic carboxylic acids is 2. The van der Waals surface area contributed by atoms with Crippen molar-refractivity contribution < 1.29 is 34.2 Å². The van der Waals surface area contributed by atoms with Crippen LogP contribution in [-0.2, 0) is 24.0 Å². The normalized spacial score (nSPS) is 19.1. The zero-order chi connectivity index (χ0) is 22.1. The molecule has 1 fully saturated rings. The minimum absolute atomic E-state index is 0.166. The Morgan fingerprint density at radius 2 is 1.76 bits per heavy atom. The van der Waals surface area contributed by atoms with Crippen LogP contribution in [0.1, 0.15) is 32.6 Å². The number of thioether (sulfide) groups is 1. The number of carbonyl (C=O) groups excluding carboxylic acids is 3. The first kappa shape index (κ1) is 24.7. The van der Waals surface area contributed by atoms with E-state index < -0.39 is 60.2 Å². The second kappa shape index (κ2) is 11.6. The zero-order valence-corrected chi connectivity index (χ0v) is 17.2. The third-order valence-corrected chi connectivity index (χ3v) is 5.12. The van der Waals surface area contributed by atoms with Crippen molar-refractivity contribution in [3.63, 3.8) is 0 Å². The van der Waals surface area contributed by atoms with Gasteiger partial charge in [0.15, 0.2) is 0 Å². The van der Waals surface area contributed by atoms with Crippen LogP contribution in [0.5, 0.6) is 0 Å². The van der Waals surface area contributed by atoms with Gasteiger partial charge in [0.2, 0.25) is 17.7 Å². The van der Waals surface area contributed by atoms with Crippen molar-refractivity contribution in [1.82, 2.24) is 15.5 Å². The van der Waals surface area contributed by atoms with E-state index in [1.54, 1.807) is 0 Å². The number of rotatable bonds is 11. The van der Waals surface area contributed by atoms with E-state index in [1.165, 1.54) is 18.7 Å². The van der Waals surface area contributed by atoms with Gasteiger partial charge in [0.05, 0.1) is 12.5 Å². The van der Waals surface area contributed by atoms with Crippen LogP contribution in [0.15, 0.2) is 0 Å². The Bertz CT molecular complexity index is 643. The summed E-state index contributed by atoms with van der Waals surface area (Å²) < 4.78 is 0. The number of carbonyl (C=O) groups is 5. The molecule has 4 unspecified atom stereocenters. The number of carboxylic acid groups (broad SMARTS) is 2. The Morgan fingerprint density at radius 1 is 1.14 bits per heavy atom. The smallest absolute Gasteiger partial charge is 0.326 e. The van der Waals surface area contributed by atoms with E-state index in [0.717, 1.165) is 4.90 Å². The average Bonchev–Trinajstić information content (AvgIpc) is 3.13. The van der Waals surface area contributed by atoms with Gasteiger partial charge in [0, 0.05) is 6.54 Å². The summed E-state index contributed by atoms with van der Waals surface area (Å²) in [7, 11) is 0. The molecule has 12 heteroatoms. The van der Waals surface area contributed by atoms with E-state index >= 15 is 0 Å². The molecule has 11 nitrogen and oxygen atoms in total. The largest absolute Gasteiger partial charge is 0.481 e. The molecule has 0 radical (unpaired) electrons. The summed E-state index contributed by atoms with van der Waals surface area (Å²) in [5.74, 6) is -4.03. The van der Waals surface area contributed by atoms with Gasteiger partial charge in [-0.1, -0.05) is 0 Å². The van der Waals surface area contributed by atoms with E-state index in [1.807, 2.05) is 6.26 Å². The van der Waals surface area contributed by atoms with Gasteiger partial charge in [-0.25, -0.2) is 4.79 Å². The lowest BCUT2D eigenvalue weighted by Gasteiger charge is -2.28. The SMILES string of the molecule is CSCCC(NC(=O)C(C)N)C(=O)NC(CC(=O)O)C(=O)N1CCCC1C(=O)O. The zero-order valence-electron chi connectivity index (χ0n) is 16.4. The maximum atomic E-state index is 12.8. The van der Waals surface area contributed by atoms with Crippen molar-refractivity contribution in [3.8, 4) is 0 Å². The fourth-order valence-electron chi connectivity index (χ4n) is 2.94. The summed E-state index contributed by atoms with van der Waals surface area (Å²) >= 11 is 1.45. The van der Waals surface area contributed by atoms with Crippen LogP contribution in [0.3, 0.4) is 0 Å². The molecular weight excluding hydrogens is 404 g/mol. The summed E-state index contributed by atoms with van der Waals surface area (Å²) in [6.45, 7) is 1.62. The van der Waals surface area contributed by atoms with E-state index in [-0.39, 0.29) is 19.4 Å². The standard InChI is InChI=1S/C17H28N4O7S/c1-9(18)14(24)19-10(5-7-29-2)15(25)20-11(8-13(22)23)16(26)21-6-3-4-12(21)17(27)28/h9-12H,3-8,18H2,1-2H3,(H,19,24)(H,20,25)(H,22,23)(H,27,28). The lowest BCUT2D eigenvalue weighted by molar-refractivity contribution is -0.150. The molecule has 164 valence electrons. The fraction of sp³-hybridized carbons (Fsp3) is 0.706. The second-order valence-corrected chi connectivity index (χ2v) is 7.80. The Kier molecular flexibility index (Phi) is 9.89. The maximum absolute atomic E-state index is 12.8. The second-order valence-electron chi connectivity index (χ2n) is 6.82. The summed E-state index contributed by atoms with van der Waals surface area (Å²) in [6, 6.07) is -4.35. The van der Waals surface area contributed by atoms with Crippen molar-refractivity contribution in [2.24, 2.45) is 5.73 Å². The third kappa shape index (κ3) is 7.54. The van der Waals surface area contributed by atoms with Gasteiger partial charge in [-0.3, -0.25) is 19.2 Å². The molecule has 0 aliphatic carbocycles. The molecule has 6 N–H and O–H groups in total. The molecule has 0 aromatic rings. The van der Waals surface area contributed by atoms with Crippen molar-refractivity contribution in [3.05, 3.63) is 0 Å². The van der Waals surface area contributed by atoms with Gasteiger partial charge in [-0.05, 0) is 38.2 Å². The summed E-state index contributed by atoms with van der Waals surface area (Å²) in [6.07, 6.45) is 2.09. The predicted octanol–water partition coefficient (Wildman–Crippen LogP) is -1.39. The average molecular weight is 432 g/mol. The third-order valence-electron chi connectivity index (χ3n) is 4.47. The molecule has 1 aliphatic heterocycles. The number of nitrogens with one attached hydrogen (secondary N) is 2. The molecule has 3 amide bonds. The number of nitrogens with zero attached hydrogens (tertiary/aromatic N) is 1. The molecule has 0 aromatic carbocycles. The van der Waals surface area contributed by atoms with Gasteiger partial charge >= 0.3 is 11.9 Å². The molecular formula is C17H28N4O7S. The molecule has 1 aliphatic rings. The first-order valence-electron chi connectivity index (χ1n) is 9.18. The number of amides is 3. The quantitative estimate of drug-likeness (QED) is 0.263. The highest BCUT2D eigenvalue weighted by Gasteiger charge is 2.39. The Hall–Kier alpha value is -2.34. The summed E-state index contributed by atoms with van der Waals surface area (Å²) in [5, 5.41) is 23.2. The van der Waals surface area contributed by atoms with Crippen LogP contribution in [-0.4, -0.2) is 87.5 Å². The van der Waals surface area contributed by atoms with Gasteiger partial charge in [0.1, 0.15) is 18.1 Å². The van der Waals surface area contributed by atoms with Gasteiger partial charge in [-0.2, -0.15) is 11.8 Å². The first-order valence-corrected chi connectivity index (χ1v) is 10.6. The Balaban J connectivity index is 2.96. The lowest BCUT2D eigenvalue weighted by atomic mass is 10.1. The van der Waals surface area contributed by atoms with Crippen molar-refractivity contribution in [2.45, 2.75) is 56.8 Å². The highest BCUT2D eigenvalue weighted by Crippen LogP contribution is 2.19. The molecule has 0 spiro atoms. The molecule has 1 rings (SSSR count). The first-order chi connectivity index (χ1) is 13.6. The number of hydrogen-bond donors (Lipinski definition) is 5. The topological polar surface area (TPSA) is 179 Å².